The second kappa shape index (κ2) is 4.47. The quantitative estimate of drug-likeness (QED) is 0.795. The van der Waals surface area contributed by atoms with Crippen LogP contribution in [0, 0.1) is 5.92 Å². The molecular formula is C11H16N4O. The van der Waals surface area contributed by atoms with E-state index in [0.717, 1.165) is 0 Å². The summed E-state index contributed by atoms with van der Waals surface area (Å²) in [5.74, 6) is 1.16. The molecule has 86 valence electrons. The van der Waals surface area contributed by atoms with Gasteiger partial charge in [0.1, 0.15) is 11.5 Å². The smallest absolute Gasteiger partial charge is 0.271 e. The fourth-order valence-electron chi connectivity index (χ4n) is 1.57. The molecule has 1 fully saturated rings. The number of aromatic nitrogens is 2. The largest absolute Gasteiger partial charge is 0.372 e. The Labute approximate surface area is 94.7 Å². The third-order valence-corrected chi connectivity index (χ3v) is 2.83. The first-order valence-electron chi connectivity index (χ1n) is 5.51. The molecule has 1 amide bonds. The SMILES string of the molecule is CNc1cnc(C(=O)NC(C)C2CC2)cn1. The molecule has 0 aromatic carbocycles. The molecule has 0 saturated heterocycles. The van der Waals surface area contributed by atoms with Gasteiger partial charge in [0.2, 0.25) is 0 Å². The summed E-state index contributed by atoms with van der Waals surface area (Å²) in [4.78, 5) is 19.8. The van der Waals surface area contributed by atoms with Crippen LogP contribution in [-0.4, -0.2) is 29.0 Å². The van der Waals surface area contributed by atoms with Gasteiger partial charge in [-0.15, -0.1) is 0 Å². The molecule has 1 aliphatic rings. The molecule has 5 nitrogen and oxygen atoms in total. The van der Waals surface area contributed by atoms with E-state index in [9.17, 15) is 4.79 Å². The van der Waals surface area contributed by atoms with Crippen molar-refractivity contribution in [2.24, 2.45) is 5.92 Å². The molecule has 1 saturated carbocycles. The topological polar surface area (TPSA) is 66.9 Å². The zero-order valence-electron chi connectivity index (χ0n) is 9.53. The molecule has 1 aliphatic carbocycles. The molecule has 1 aromatic rings. The van der Waals surface area contributed by atoms with E-state index in [0.29, 0.717) is 17.4 Å². The minimum absolute atomic E-state index is 0.144. The highest BCUT2D eigenvalue weighted by molar-refractivity contribution is 5.92. The number of carbonyl (C=O) groups is 1. The van der Waals surface area contributed by atoms with Crippen molar-refractivity contribution in [3.05, 3.63) is 18.1 Å². The Balaban J connectivity index is 1.96. The van der Waals surface area contributed by atoms with Crippen LogP contribution in [0.3, 0.4) is 0 Å². The molecule has 1 unspecified atom stereocenters. The number of anilines is 1. The van der Waals surface area contributed by atoms with Gasteiger partial charge in [-0.3, -0.25) is 4.79 Å². The number of hydrogen-bond acceptors (Lipinski definition) is 4. The highest BCUT2D eigenvalue weighted by atomic mass is 16.1. The summed E-state index contributed by atoms with van der Waals surface area (Å²) < 4.78 is 0. The summed E-state index contributed by atoms with van der Waals surface area (Å²) in [6.45, 7) is 2.03. The molecule has 1 heterocycles. The summed E-state index contributed by atoms with van der Waals surface area (Å²) in [6.07, 6.45) is 5.47. The van der Waals surface area contributed by atoms with Crippen molar-refractivity contribution in [3.63, 3.8) is 0 Å². The van der Waals surface area contributed by atoms with Gasteiger partial charge in [0.25, 0.3) is 5.91 Å². The fourth-order valence-corrected chi connectivity index (χ4v) is 1.57. The maximum atomic E-state index is 11.8. The van der Waals surface area contributed by atoms with E-state index in [-0.39, 0.29) is 11.9 Å². The third kappa shape index (κ3) is 2.48. The van der Waals surface area contributed by atoms with Gasteiger partial charge in [-0.1, -0.05) is 0 Å². The summed E-state index contributed by atoms with van der Waals surface area (Å²) in [5.41, 5.74) is 0.367. The first-order chi connectivity index (χ1) is 7.70. The lowest BCUT2D eigenvalue weighted by Gasteiger charge is -2.11. The normalized spacial score (nSPS) is 16.6. The van der Waals surface area contributed by atoms with Gasteiger partial charge in [-0.05, 0) is 25.7 Å². The molecule has 2 rings (SSSR count). The average Bonchev–Trinajstić information content (AvgIpc) is 3.13. The monoisotopic (exact) mass is 220 g/mol. The number of hydrogen-bond donors (Lipinski definition) is 2. The second-order valence-electron chi connectivity index (χ2n) is 4.14. The lowest BCUT2D eigenvalue weighted by atomic mass is 10.2. The van der Waals surface area contributed by atoms with Gasteiger partial charge in [-0.25, -0.2) is 9.97 Å². The van der Waals surface area contributed by atoms with Gasteiger partial charge in [0, 0.05) is 13.1 Å². The number of nitrogens with one attached hydrogen (secondary N) is 2. The molecule has 2 N–H and O–H groups in total. The van der Waals surface area contributed by atoms with Crippen molar-refractivity contribution in [2.45, 2.75) is 25.8 Å². The maximum absolute atomic E-state index is 11.8. The molecule has 1 aromatic heterocycles. The van der Waals surface area contributed by atoms with Crippen LogP contribution in [0.2, 0.25) is 0 Å². The minimum Gasteiger partial charge on any atom is -0.372 e. The van der Waals surface area contributed by atoms with Crippen molar-refractivity contribution < 1.29 is 4.79 Å². The first kappa shape index (κ1) is 10.9. The van der Waals surface area contributed by atoms with E-state index in [1.54, 1.807) is 13.2 Å². The van der Waals surface area contributed by atoms with Gasteiger partial charge in [-0.2, -0.15) is 0 Å². The van der Waals surface area contributed by atoms with Gasteiger partial charge in [0.05, 0.1) is 12.4 Å². The maximum Gasteiger partial charge on any atom is 0.271 e. The van der Waals surface area contributed by atoms with Crippen LogP contribution < -0.4 is 10.6 Å². The first-order valence-corrected chi connectivity index (χ1v) is 5.51. The molecule has 0 radical (unpaired) electrons. The minimum atomic E-state index is -0.144. The molecule has 16 heavy (non-hydrogen) atoms. The van der Waals surface area contributed by atoms with E-state index in [1.807, 2.05) is 6.92 Å². The molecule has 0 spiro atoms. The Bertz CT molecular complexity index is 372. The summed E-state index contributed by atoms with van der Waals surface area (Å²) in [5, 5.41) is 5.79. The van der Waals surface area contributed by atoms with E-state index in [1.165, 1.54) is 19.0 Å². The van der Waals surface area contributed by atoms with Crippen molar-refractivity contribution in [2.75, 3.05) is 12.4 Å². The Morgan fingerprint density at radius 2 is 2.19 bits per heavy atom. The van der Waals surface area contributed by atoms with Crippen molar-refractivity contribution in [3.8, 4) is 0 Å². The predicted molar refractivity (Wildman–Crippen MR) is 61.2 cm³/mol. The van der Waals surface area contributed by atoms with Crippen LogP contribution in [-0.2, 0) is 0 Å². The molecular weight excluding hydrogens is 204 g/mol. The van der Waals surface area contributed by atoms with Crippen molar-refractivity contribution in [1.82, 2.24) is 15.3 Å². The Kier molecular flexibility index (Phi) is 3.03. The number of nitrogens with zero attached hydrogens (tertiary/aromatic N) is 2. The zero-order valence-corrected chi connectivity index (χ0v) is 9.53. The van der Waals surface area contributed by atoms with E-state index in [2.05, 4.69) is 20.6 Å². The van der Waals surface area contributed by atoms with Crippen LogP contribution in [0.15, 0.2) is 12.4 Å². The highest BCUT2D eigenvalue weighted by Crippen LogP contribution is 2.32. The van der Waals surface area contributed by atoms with Crippen LogP contribution in [0.4, 0.5) is 5.82 Å². The summed E-state index contributed by atoms with van der Waals surface area (Å²) in [6, 6.07) is 0.235. The standard InChI is InChI=1S/C11H16N4O/c1-7(8-3-4-8)15-11(16)9-5-14-10(12-2)6-13-9/h5-8H,3-4H2,1-2H3,(H,12,14)(H,15,16). The van der Waals surface area contributed by atoms with E-state index in [4.69, 9.17) is 0 Å². The Morgan fingerprint density at radius 3 is 2.69 bits per heavy atom. The third-order valence-electron chi connectivity index (χ3n) is 2.83. The van der Waals surface area contributed by atoms with E-state index < -0.39 is 0 Å². The molecule has 0 aliphatic heterocycles. The molecule has 1 atom stereocenters. The molecule has 5 heteroatoms. The predicted octanol–water partition coefficient (Wildman–Crippen LogP) is 1.05. The number of amides is 1. The van der Waals surface area contributed by atoms with Crippen LogP contribution >= 0.6 is 0 Å². The van der Waals surface area contributed by atoms with Crippen molar-refractivity contribution >= 4 is 11.7 Å². The average molecular weight is 220 g/mol. The summed E-state index contributed by atoms with van der Waals surface area (Å²) in [7, 11) is 1.76. The van der Waals surface area contributed by atoms with E-state index >= 15 is 0 Å². The lowest BCUT2D eigenvalue weighted by Crippen LogP contribution is -2.34. The Hall–Kier alpha value is -1.65. The zero-order chi connectivity index (χ0) is 11.5. The second-order valence-corrected chi connectivity index (χ2v) is 4.14. The van der Waals surface area contributed by atoms with Gasteiger partial charge < -0.3 is 10.6 Å². The number of rotatable bonds is 4. The van der Waals surface area contributed by atoms with Crippen LogP contribution in [0.25, 0.3) is 0 Å². The van der Waals surface area contributed by atoms with Crippen LogP contribution in [0.1, 0.15) is 30.3 Å². The van der Waals surface area contributed by atoms with Gasteiger partial charge >= 0.3 is 0 Å². The number of carbonyl (C=O) groups excluding carboxylic acids is 1. The fraction of sp³-hybridized carbons (Fsp3) is 0.545. The Morgan fingerprint density at radius 1 is 1.44 bits per heavy atom. The van der Waals surface area contributed by atoms with Crippen molar-refractivity contribution in [1.29, 1.82) is 0 Å². The highest BCUT2D eigenvalue weighted by Gasteiger charge is 2.29. The lowest BCUT2D eigenvalue weighted by molar-refractivity contribution is 0.0930. The molecule has 0 bridgehead atoms. The van der Waals surface area contributed by atoms with Crippen LogP contribution in [0.5, 0.6) is 0 Å². The van der Waals surface area contributed by atoms with Gasteiger partial charge in [0.15, 0.2) is 0 Å². The summed E-state index contributed by atoms with van der Waals surface area (Å²) >= 11 is 0.